The number of likely N-dealkylation sites (N-methyl/N-ethyl adjacent to an activating group) is 1. The predicted molar refractivity (Wildman–Crippen MR) is 91.4 cm³/mol. The Hall–Kier alpha value is -1.50. The number of fused-ring (bicyclic) bond motifs is 1. The first-order chi connectivity index (χ1) is 11.3. The fourth-order valence-corrected chi connectivity index (χ4v) is 3.12. The molecular formula is C17H27N5O. The topological polar surface area (TPSA) is 46.4 Å². The first kappa shape index (κ1) is 16.4. The molecule has 0 radical (unpaired) electrons. The second-order valence-corrected chi connectivity index (χ2v) is 6.16. The Morgan fingerprint density at radius 2 is 2.13 bits per heavy atom. The minimum absolute atomic E-state index is 0.703. The van der Waals surface area contributed by atoms with Crippen molar-refractivity contribution in [2.24, 2.45) is 0 Å². The van der Waals surface area contributed by atoms with E-state index in [2.05, 4.69) is 26.4 Å². The summed E-state index contributed by atoms with van der Waals surface area (Å²) in [6.45, 7) is 9.70. The Balaban J connectivity index is 1.79. The molecule has 0 amide bonds. The molecule has 0 spiro atoms. The molecule has 0 aromatic carbocycles. The van der Waals surface area contributed by atoms with Gasteiger partial charge in [-0.1, -0.05) is 0 Å². The molecule has 0 unspecified atom stereocenters. The lowest BCUT2D eigenvalue weighted by Crippen LogP contribution is -2.29. The van der Waals surface area contributed by atoms with Gasteiger partial charge in [0, 0.05) is 32.4 Å². The Bertz CT molecular complexity index is 626. The lowest BCUT2D eigenvalue weighted by Gasteiger charge is -2.20. The van der Waals surface area contributed by atoms with Crippen LogP contribution < -0.4 is 0 Å². The van der Waals surface area contributed by atoms with E-state index >= 15 is 0 Å². The van der Waals surface area contributed by atoms with Gasteiger partial charge in [-0.25, -0.2) is 9.97 Å². The molecule has 2 aromatic heterocycles. The third-order valence-electron chi connectivity index (χ3n) is 4.42. The molecule has 23 heavy (non-hydrogen) atoms. The number of imidazole rings is 1. The van der Waals surface area contributed by atoms with E-state index in [1.807, 2.05) is 25.3 Å². The third-order valence-corrected chi connectivity index (χ3v) is 4.42. The summed E-state index contributed by atoms with van der Waals surface area (Å²) in [5, 5.41) is 0. The molecule has 1 aliphatic heterocycles. The molecule has 0 atom stereocenters. The number of hydrogen-bond donors (Lipinski definition) is 0. The van der Waals surface area contributed by atoms with Gasteiger partial charge < -0.3 is 14.2 Å². The Morgan fingerprint density at radius 1 is 1.22 bits per heavy atom. The maximum Gasteiger partial charge on any atom is 0.160 e. The molecular weight excluding hydrogens is 290 g/mol. The monoisotopic (exact) mass is 317 g/mol. The van der Waals surface area contributed by atoms with Crippen LogP contribution in [0.3, 0.4) is 0 Å². The van der Waals surface area contributed by atoms with Gasteiger partial charge in [0.1, 0.15) is 11.3 Å². The SMILES string of the molecule is CCOCCn1c(CN2CCCN(C)CC2)nc2cccnc21. The Kier molecular flexibility index (Phi) is 5.59. The molecule has 6 nitrogen and oxygen atoms in total. The standard InChI is InChI=1S/C17H27N5O/c1-3-23-13-12-22-16(19-15-6-4-7-18-17(15)22)14-21-9-5-8-20(2)10-11-21/h4,6-7H,3,5,8-14H2,1-2H3. The van der Waals surface area contributed by atoms with Crippen LogP contribution in [0.2, 0.25) is 0 Å². The number of ether oxygens (including phenoxy) is 1. The van der Waals surface area contributed by atoms with E-state index in [1.165, 1.54) is 13.0 Å². The molecule has 1 fully saturated rings. The molecule has 126 valence electrons. The Morgan fingerprint density at radius 3 is 3.00 bits per heavy atom. The van der Waals surface area contributed by atoms with Gasteiger partial charge in [0.25, 0.3) is 0 Å². The van der Waals surface area contributed by atoms with Gasteiger partial charge in [0.15, 0.2) is 5.65 Å². The van der Waals surface area contributed by atoms with E-state index in [4.69, 9.17) is 9.72 Å². The van der Waals surface area contributed by atoms with Gasteiger partial charge in [-0.2, -0.15) is 0 Å². The number of aromatic nitrogens is 3. The van der Waals surface area contributed by atoms with Gasteiger partial charge in [-0.15, -0.1) is 0 Å². The van der Waals surface area contributed by atoms with Gasteiger partial charge in [0.05, 0.1) is 13.2 Å². The summed E-state index contributed by atoms with van der Waals surface area (Å²) in [7, 11) is 2.20. The summed E-state index contributed by atoms with van der Waals surface area (Å²) >= 11 is 0. The lowest BCUT2D eigenvalue weighted by molar-refractivity contribution is 0.138. The van der Waals surface area contributed by atoms with E-state index in [0.717, 1.165) is 56.3 Å². The zero-order valence-corrected chi connectivity index (χ0v) is 14.2. The van der Waals surface area contributed by atoms with Crippen molar-refractivity contribution in [1.29, 1.82) is 0 Å². The van der Waals surface area contributed by atoms with Crippen molar-refractivity contribution in [2.75, 3.05) is 46.4 Å². The van der Waals surface area contributed by atoms with Crippen LogP contribution in [0.25, 0.3) is 11.2 Å². The number of pyridine rings is 1. The van der Waals surface area contributed by atoms with E-state index < -0.39 is 0 Å². The fraction of sp³-hybridized carbons (Fsp3) is 0.647. The zero-order valence-electron chi connectivity index (χ0n) is 14.2. The Labute approximate surface area is 138 Å². The molecule has 1 aliphatic rings. The number of hydrogen-bond acceptors (Lipinski definition) is 5. The lowest BCUT2D eigenvalue weighted by atomic mass is 10.4. The van der Waals surface area contributed by atoms with Crippen molar-refractivity contribution in [2.45, 2.75) is 26.4 Å². The molecule has 0 saturated carbocycles. The van der Waals surface area contributed by atoms with E-state index in [9.17, 15) is 0 Å². The van der Waals surface area contributed by atoms with Crippen molar-refractivity contribution in [3.05, 3.63) is 24.2 Å². The van der Waals surface area contributed by atoms with Gasteiger partial charge in [0.2, 0.25) is 0 Å². The summed E-state index contributed by atoms with van der Waals surface area (Å²) in [6.07, 6.45) is 3.06. The van der Waals surface area contributed by atoms with Crippen molar-refractivity contribution < 1.29 is 4.74 Å². The molecule has 0 N–H and O–H groups in total. The second-order valence-electron chi connectivity index (χ2n) is 6.16. The number of nitrogens with zero attached hydrogens (tertiary/aromatic N) is 5. The predicted octanol–water partition coefficient (Wildman–Crippen LogP) is 1.61. The van der Waals surface area contributed by atoms with Crippen molar-refractivity contribution in [1.82, 2.24) is 24.3 Å². The van der Waals surface area contributed by atoms with Gasteiger partial charge in [-0.05, 0) is 45.6 Å². The quantitative estimate of drug-likeness (QED) is 0.758. The smallest absolute Gasteiger partial charge is 0.160 e. The van der Waals surface area contributed by atoms with Crippen LogP contribution in [-0.2, 0) is 17.8 Å². The van der Waals surface area contributed by atoms with Crippen LogP contribution in [0.5, 0.6) is 0 Å². The van der Waals surface area contributed by atoms with Crippen LogP contribution in [0, 0.1) is 0 Å². The summed E-state index contributed by atoms with van der Waals surface area (Å²) < 4.78 is 7.76. The van der Waals surface area contributed by atoms with Crippen molar-refractivity contribution in [3.8, 4) is 0 Å². The van der Waals surface area contributed by atoms with Crippen molar-refractivity contribution >= 4 is 11.2 Å². The molecule has 6 heteroatoms. The highest BCUT2D eigenvalue weighted by molar-refractivity contribution is 5.71. The van der Waals surface area contributed by atoms with Gasteiger partial charge >= 0.3 is 0 Å². The minimum Gasteiger partial charge on any atom is -0.380 e. The first-order valence-electron chi connectivity index (χ1n) is 8.56. The van der Waals surface area contributed by atoms with Crippen LogP contribution in [-0.4, -0.2) is 70.8 Å². The molecule has 1 saturated heterocycles. The molecule has 0 bridgehead atoms. The second kappa shape index (κ2) is 7.86. The average molecular weight is 317 g/mol. The summed E-state index contributed by atoms with van der Waals surface area (Å²) in [4.78, 5) is 14.3. The van der Waals surface area contributed by atoms with Crippen molar-refractivity contribution in [3.63, 3.8) is 0 Å². The highest BCUT2D eigenvalue weighted by atomic mass is 16.5. The van der Waals surface area contributed by atoms with Crippen LogP contribution >= 0.6 is 0 Å². The highest BCUT2D eigenvalue weighted by Gasteiger charge is 2.17. The molecule has 2 aromatic rings. The van der Waals surface area contributed by atoms with Crippen LogP contribution in [0.15, 0.2) is 18.3 Å². The first-order valence-corrected chi connectivity index (χ1v) is 8.56. The minimum atomic E-state index is 0.703. The zero-order chi connectivity index (χ0) is 16.1. The largest absolute Gasteiger partial charge is 0.380 e. The summed E-state index contributed by atoms with van der Waals surface area (Å²) in [6, 6.07) is 3.99. The van der Waals surface area contributed by atoms with E-state index in [1.54, 1.807) is 0 Å². The molecule has 0 aliphatic carbocycles. The van der Waals surface area contributed by atoms with Crippen LogP contribution in [0.1, 0.15) is 19.2 Å². The van der Waals surface area contributed by atoms with E-state index in [-0.39, 0.29) is 0 Å². The molecule has 3 heterocycles. The maximum atomic E-state index is 5.54. The van der Waals surface area contributed by atoms with Gasteiger partial charge in [-0.3, -0.25) is 4.90 Å². The average Bonchev–Trinajstić information content (AvgIpc) is 2.76. The van der Waals surface area contributed by atoms with Crippen LogP contribution in [0.4, 0.5) is 0 Å². The fourth-order valence-electron chi connectivity index (χ4n) is 3.12. The summed E-state index contributed by atoms with van der Waals surface area (Å²) in [5.74, 6) is 1.10. The van der Waals surface area contributed by atoms with E-state index in [0.29, 0.717) is 6.61 Å². The molecule has 3 rings (SSSR count). The third kappa shape index (κ3) is 4.07. The number of rotatable bonds is 6. The maximum absolute atomic E-state index is 5.54. The normalized spacial score (nSPS) is 17.7. The summed E-state index contributed by atoms with van der Waals surface area (Å²) in [5.41, 5.74) is 1.94. The highest BCUT2D eigenvalue weighted by Crippen LogP contribution is 2.16.